The lowest BCUT2D eigenvalue weighted by atomic mass is 10.1. The van der Waals surface area contributed by atoms with Crippen LogP contribution in [0.15, 0.2) is 78.9 Å². The van der Waals surface area contributed by atoms with E-state index >= 15 is 0 Å². The molecule has 1 saturated heterocycles. The number of likely N-dealkylation sites (tertiary alicyclic amines) is 1. The fourth-order valence-electron chi connectivity index (χ4n) is 4.77. The van der Waals surface area contributed by atoms with Gasteiger partial charge in [-0.3, -0.25) is 4.79 Å². The van der Waals surface area contributed by atoms with Crippen LogP contribution in [0.4, 0.5) is 0 Å². The van der Waals surface area contributed by atoms with Crippen LogP contribution in [-0.2, 0) is 17.9 Å². The molecule has 1 aliphatic rings. The number of carbonyl (C=O) groups is 1. The highest BCUT2D eigenvalue weighted by molar-refractivity contribution is 5.81. The number of rotatable bonds is 10. The third kappa shape index (κ3) is 5.32. The predicted molar refractivity (Wildman–Crippen MR) is 137 cm³/mol. The predicted octanol–water partition coefficient (Wildman–Crippen LogP) is 5.42. The Hall–Kier alpha value is -3.80. The van der Waals surface area contributed by atoms with Crippen LogP contribution in [0.3, 0.4) is 0 Å². The number of hydrogen-bond acceptors (Lipinski definition) is 4. The number of fused-ring (bicyclic) bond motifs is 1. The van der Waals surface area contributed by atoms with Crippen molar-refractivity contribution in [2.75, 3.05) is 20.3 Å². The number of hydrogen-bond donors (Lipinski definition) is 0. The minimum absolute atomic E-state index is 0.0914. The summed E-state index contributed by atoms with van der Waals surface area (Å²) in [6.45, 7) is 2.84. The molecule has 2 heterocycles. The summed E-state index contributed by atoms with van der Waals surface area (Å²) in [7, 11) is 1.66. The van der Waals surface area contributed by atoms with Gasteiger partial charge in [-0.1, -0.05) is 42.5 Å². The highest BCUT2D eigenvalue weighted by atomic mass is 16.5. The standard InChI is InChI=1S/C29H31N3O3/c1-34-24-15-13-22(14-16-24)20-31-21-23(19-28(31)33)29-30-26-11-5-6-12-27(26)32(29)17-7-8-18-35-25-9-3-2-4-10-25/h2-6,9-16,23H,7-8,17-21H2,1H3. The first-order chi connectivity index (χ1) is 17.2. The molecule has 1 aliphatic heterocycles. The van der Waals surface area contributed by atoms with E-state index in [0.717, 1.165) is 53.3 Å². The molecule has 0 spiro atoms. The number of unbranched alkanes of at least 4 members (excludes halogenated alkanes) is 1. The maximum absolute atomic E-state index is 12.9. The van der Waals surface area contributed by atoms with Crippen molar-refractivity contribution in [3.63, 3.8) is 0 Å². The van der Waals surface area contributed by atoms with E-state index in [-0.39, 0.29) is 11.8 Å². The highest BCUT2D eigenvalue weighted by Gasteiger charge is 2.33. The number of aromatic nitrogens is 2. The van der Waals surface area contributed by atoms with E-state index in [1.165, 1.54) is 0 Å². The molecule has 5 rings (SSSR count). The van der Waals surface area contributed by atoms with Gasteiger partial charge in [0.25, 0.3) is 0 Å². The van der Waals surface area contributed by atoms with Gasteiger partial charge in [0.1, 0.15) is 17.3 Å². The maximum Gasteiger partial charge on any atom is 0.223 e. The van der Waals surface area contributed by atoms with E-state index in [2.05, 4.69) is 22.8 Å². The van der Waals surface area contributed by atoms with Crippen molar-refractivity contribution in [2.24, 2.45) is 0 Å². The Kier molecular flexibility index (Phi) is 6.98. The number of benzene rings is 3. The van der Waals surface area contributed by atoms with Crippen molar-refractivity contribution < 1.29 is 14.3 Å². The van der Waals surface area contributed by atoms with E-state index in [9.17, 15) is 4.79 Å². The van der Waals surface area contributed by atoms with Crippen molar-refractivity contribution in [3.05, 3.63) is 90.3 Å². The Balaban J connectivity index is 1.26. The van der Waals surface area contributed by atoms with Crippen molar-refractivity contribution in [3.8, 4) is 11.5 Å². The quantitative estimate of drug-likeness (QED) is 0.291. The fourth-order valence-corrected chi connectivity index (χ4v) is 4.77. The topological polar surface area (TPSA) is 56.6 Å². The summed E-state index contributed by atoms with van der Waals surface area (Å²) in [5, 5.41) is 0. The van der Waals surface area contributed by atoms with Gasteiger partial charge in [0.2, 0.25) is 5.91 Å². The number of para-hydroxylation sites is 3. The molecule has 0 radical (unpaired) electrons. The molecule has 1 fully saturated rings. The van der Waals surface area contributed by atoms with Crippen LogP contribution in [0.25, 0.3) is 11.0 Å². The third-order valence-electron chi connectivity index (χ3n) is 6.58. The first-order valence-corrected chi connectivity index (χ1v) is 12.2. The summed E-state index contributed by atoms with van der Waals surface area (Å²) in [5.74, 6) is 3.01. The SMILES string of the molecule is COc1ccc(CN2CC(c3nc4ccccc4n3CCCCOc3ccccc3)CC2=O)cc1. The maximum atomic E-state index is 12.9. The van der Waals surface area contributed by atoms with Gasteiger partial charge in [-0.15, -0.1) is 0 Å². The Morgan fingerprint density at radius 1 is 0.914 bits per heavy atom. The van der Waals surface area contributed by atoms with Crippen LogP contribution in [-0.4, -0.2) is 40.6 Å². The fraction of sp³-hybridized carbons (Fsp3) is 0.310. The van der Waals surface area contributed by atoms with Gasteiger partial charge >= 0.3 is 0 Å². The van der Waals surface area contributed by atoms with Gasteiger partial charge in [-0.2, -0.15) is 0 Å². The summed E-state index contributed by atoms with van der Waals surface area (Å²) in [5.41, 5.74) is 3.23. The zero-order chi connectivity index (χ0) is 24.0. The first-order valence-electron chi connectivity index (χ1n) is 12.2. The summed E-state index contributed by atoms with van der Waals surface area (Å²) < 4.78 is 13.4. The van der Waals surface area contributed by atoms with Gasteiger partial charge in [0, 0.05) is 32.0 Å². The molecule has 1 unspecified atom stereocenters. The molecule has 0 saturated carbocycles. The average molecular weight is 470 g/mol. The molecule has 35 heavy (non-hydrogen) atoms. The van der Waals surface area contributed by atoms with Gasteiger partial charge in [0.15, 0.2) is 0 Å². The average Bonchev–Trinajstić information content (AvgIpc) is 3.45. The van der Waals surface area contributed by atoms with Gasteiger partial charge in [0.05, 0.1) is 24.8 Å². The number of ether oxygens (including phenoxy) is 2. The van der Waals surface area contributed by atoms with Crippen molar-refractivity contribution in [1.82, 2.24) is 14.5 Å². The Labute approximate surface area is 206 Å². The van der Waals surface area contributed by atoms with E-state index in [0.29, 0.717) is 26.1 Å². The molecule has 1 atom stereocenters. The summed E-state index contributed by atoms with van der Waals surface area (Å²) in [4.78, 5) is 19.8. The van der Waals surface area contributed by atoms with E-state index in [4.69, 9.17) is 14.5 Å². The van der Waals surface area contributed by atoms with Crippen LogP contribution >= 0.6 is 0 Å². The highest BCUT2D eigenvalue weighted by Crippen LogP contribution is 2.31. The molecule has 3 aromatic carbocycles. The second kappa shape index (κ2) is 10.6. The number of amides is 1. The smallest absolute Gasteiger partial charge is 0.223 e. The minimum atomic E-state index is 0.0914. The molecule has 0 bridgehead atoms. The molecule has 1 amide bonds. The summed E-state index contributed by atoms with van der Waals surface area (Å²) in [6.07, 6.45) is 2.43. The minimum Gasteiger partial charge on any atom is -0.497 e. The molecular formula is C29H31N3O3. The summed E-state index contributed by atoms with van der Waals surface area (Å²) in [6, 6.07) is 26.1. The van der Waals surface area contributed by atoms with Gasteiger partial charge in [-0.05, 0) is 54.8 Å². The van der Waals surface area contributed by atoms with Gasteiger partial charge in [-0.25, -0.2) is 4.98 Å². The van der Waals surface area contributed by atoms with E-state index in [1.54, 1.807) is 7.11 Å². The second-order valence-corrected chi connectivity index (χ2v) is 9.00. The molecule has 1 aromatic heterocycles. The molecule has 180 valence electrons. The monoisotopic (exact) mass is 469 g/mol. The van der Waals surface area contributed by atoms with Crippen LogP contribution in [0.1, 0.15) is 36.6 Å². The second-order valence-electron chi connectivity index (χ2n) is 9.00. The number of imidazole rings is 1. The first kappa shape index (κ1) is 23.0. The number of aryl methyl sites for hydroxylation is 1. The Morgan fingerprint density at radius 3 is 2.49 bits per heavy atom. The molecule has 6 nitrogen and oxygen atoms in total. The van der Waals surface area contributed by atoms with Crippen LogP contribution in [0.2, 0.25) is 0 Å². The zero-order valence-electron chi connectivity index (χ0n) is 20.1. The molecule has 4 aromatic rings. The lowest BCUT2D eigenvalue weighted by molar-refractivity contribution is -0.128. The zero-order valence-corrected chi connectivity index (χ0v) is 20.1. The lowest BCUT2D eigenvalue weighted by Gasteiger charge is -2.18. The van der Waals surface area contributed by atoms with E-state index < -0.39 is 0 Å². The van der Waals surface area contributed by atoms with Crippen molar-refractivity contribution in [1.29, 1.82) is 0 Å². The normalized spacial score (nSPS) is 15.6. The van der Waals surface area contributed by atoms with Crippen LogP contribution in [0.5, 0.6) is 11.5 Å². The largest absolute Gasteiger partial charge is 0.497 e. The third-order valence-corrected chi connectivity index (χ3v) is 6.58. The Morgan fingerprint density at radius 2 is 1.69 bits per heavy atom. The van der Waals surface area contributed by atoms with Gasteiger partial charge < -0.3 is 18.9 Å². The molecule has 6 heteroatoms. The molecule has 0 N–H and O–H groups in total. The number of carbonyl (C=O) groups excluding carboxylic acids is 1. The van der Waals surface area contributed by atoms with E-state index in [1.807, 2.05) is 65.6 Å². The van der Waals surface area contributed by atoms with Crippen LogP contribution < -0.4 is 9.47 Å². The molecule has 0 aliphatic carbocycles. The van der Waals surface area contributed by atoms with Crippen LogP contribution in [0, 0.1) is 0 Å². The van der Waals surface area contributed by atoms with Crippen molar-refractivity contribution in [2.45, 2.75) is 38.3 Å². The number of methoxy groups -OCH3 is 1. The number of nitrogens with zero attached hydrogens (tertiary/aromatic N) is 3. The Bertz CT molecular complexity index is 1270. The summed E-state index contributed by atoms with van der Waals surface area (Å²) >= 11 is 0. The van der Waals surface area contributed by atoms with Crippen molar-refractivity contribution >= 4 is 16.9 Å². The lowest BCUT2D eigenvalue weighted by Crippen LogP contribution is -2.24. The molecular weight excluding hydrogens is 438 g/mol.